The maximum absolute atomic E-state index is 6.03. The average Bonchev–Trinajstić information content (AvgIpc) is 2.90. The molecule has 108 valence electrons. The van der Waals surface area contributed by atoms with E-state index in [0.717, 1.165) is 24.3 Å². The molecule has 0 aliphatic heterocycles. The van der Waals surface area contributed by atoms with E-state index in [4.69, 9.17) is 10.5 Å². The van der Waals surface area contributed by atoms with E-state index < -0.39 is 0 Å². The number of thiazole rings is 1. The van der Waals surface area contributed by atoms with Gasteiger partial charge in [0.25, 0.3) is 0 Å². The van der Waals surface area contributed by atoms with Gasteiger partial charge in [-0.1, -0.05) is 19.1 Å². The lowest BCUT2D eigenvalue weighted by Gasteiger charge is -2.15. The van der Waals surface area contributed by atoms with Crippen molar-refractivity contribution in [3.63, 3.8) is 0 Å². The number of rotatable bonds is 6. The number of nitrogens with two attached hydrogens (primary N) is 1. The van der Waals surface area contributed by atoms with Gasteiger partial charge in [0.05, 0.1) is 11.2 Å². The third-order valence-electron chi connectivity index (χ3n) is 3.39. The van der Waals surface area contributed by atoms with Crippen LogP contribution in [0.25, 0.3) is 0 Å². The van der Waals surface area contributed by atoms with Crippen molar-refractivity contribution < 1.29 is 4.74 Å². The summed E-state index contributed by atoms with van der Waals surface area (Å²) in [5, 5.41) is 2.01. The van der Waals surface area contributed by atoms with Crippen LogP contribution in [0.1, 0.15) is 35.7 Å². The Hall–Kier alpha value is -1.39. The SMILES string of the molecule is CCC(N)Cc1cc(C)c(OCc2cscn2)c(C)c1. The van der Waals surface area contributed by atoms with Crippen molar-refractivity contribution in [2.45, 2.75) is 46.3 Å². The smallest absolute Gasteiger partial charge is 0.131 e. The van der Waals surface area contributed by atoms with Crippen molar-refractivity contribution in [2.24, 2.45) is 5.73 Å². The lowest BCUT2D eigenvalue weighted by atomic mass is 9.99. The molecular formula is C16H22N2OS. The molecule has 0 spiro atoms. The van der Waals surface area contributed by atoms with Gasteiger partial charge < -0.3 is 10.5 Å². The van der Waals surface area contributed by atoms with Gasteiger partial charge in [-0.2, -0.15) is 0 Å². The number of aromatic nitrogens is 1. The van der Waals surface area contributed by atoms with E-state index >= 15 is 0 Å². The van der Waals surface area contributed by atoms with Crippen LogP contribution in [0.15, 0.2) is 23.0 Å². The van der Waals surface area contributed by atoms with Gasteiger partial charge in [-0.05, 0) is 43.4 Å². The maximum atomic E-state index is 6.03. The van der Waals surface area contributed by atoms with Crippen molar-refractivity contribution in [3.8, 4) is 5.75 Å². The summed E-state index contributed by atoms with van der Waals surface area (Å²) >= 11 is 1.59. The monoisotopic (exact) mass is 290 g/mol. The van der Waals surface area contributed by atoms with Crippen LogP contribution in [0.3, 0.4) is 0 Å². The number of nitrogens with zero attached hydrogens (tertiary/aromatic N) is 1. The summed E-state index contributed by atoms with van der Waals surface area (Å²) in [5.41, 5.74) is 12.5. The third kappa shape index (κ3) is 3.81. The lowest BCUT2D eigenvalue weighted by Crippen LogP contribution is -2.21. The predicted molar refractivity (Wildman–Crippen MR) is 84.3 cm³/mol. The van der Waals surface area contributed by atoms with Crippen molar-refractivity contribution in [2.75, 3.05) is 0 Å². The Labute approximate surface area is 124 Å². The summed E-state index contributed by atoms with van der Waals surface area (Å²) in [6, 6.07) is 4.59. The highest BCUT2D eigenvalue weighted by atomic mass is 32.1. The molecule has 0 saturated carbocycles. The molecule has 1 atom stereocenters. The van der Waals surface area contributed by atoms with Crippen LogP contribution in [0.4, 0.5) is 0 Å². The second kappa shape index (κ2) is 6.86. The van der Waals surface area contributed by atoms with Gasteiger partial charge in [-0.15, -0.1) is 11.3 Å². The Kier molecular flexibility index (Phi) is 5.15. The topological polar surface area (TPSA) is 48.1 Å². The fourth-order valence-electron chi connectivity index (χ4n) is 2.29. The Balaban J connectivity index is 2.10. The van der Waals surface area contributed by atoms with Crippen LogP contribution < -0.4 is 10.5 Å². The van der Waals surface area contributed by atoms with E-state index in [1.807, 2.05) is 10.9 Å². The van der Waals surface area contributed by atoms with Crippen LogP contribution in [-0.2, 0) is 13.0 Å². The van der Waals surface area contributed by atoms with Gasteiger partial charge in [0.2, 0.25) is 0 Å². The fourth-order valence-corrected chi connectivity index (χ4v) is 2.83. The quantitative estimate of drug-likeness (QED) is 0.884. The molecule has 0 radical (unpaired) electrons. The lowest BCUT2D eigenvalue weighted by molar-refractivity contribution is 0.298. The molecule has 0 saturated heterocycles. The molecule has 0 fully saturated rings. The number of benzene rings is 1. The van der Waals surface area contributed by atoms with E-state index in [9.17, 15) is 0 Å². The molecule has 1 aromatic heterocycles. The van der Waals surface area contributed by atoms with E-state index in [2.05, 4.69) is 37.9 Å². The Morgan fingerprint density at radius 3 is 2.55 bits per heavy atom. The van der Waals surface area contributed by atoms with Crippen molar-refractivity contribution in [1.82, 2.24) is 4.98 Å². The average molecular weight is 290 g/mol. The summed E-state index contributed by atoms with van der Waals surface area (Å²) in [4.78, 5) is 4.24. The second-order valence-corrected chi connectivity index (χ2v) is 5.92. The molecule has 1 heterocycles. The first kappa shape index (κ1) is 15.0. The fraction of sp³-hybridized carbons (Fsp3) is 0.438. The molecule has 1 unspecified atom stereocenters. The van der Waals surface area contributed by atoms with Gasteiger partial charge in [0.15, 0.2) is 0 Å². The van der Waals surface area contributed by atoms with E-state index in [0.29, 0.717) is 6.61 Å². The number of ether oxygens (including phenoxy) is 1. The molecule has 0 bridgehead atoms. The Bertz CT molecular complexity index is 529. The van der Waals surface area contributed by atoms with Crippen LogP contribution in [0.5, 0.6) is 5.75 Å². The summed E-state index contributed by atoms with van der Waals surface area (Å²) in [5.74, 6) is 0.965. The molecule has 1 aromatic carbocycles. The standard InChI is InChI=1S/C16H22N2OS/c1-4-14(17)7-13-5-11(2)16(12(3)6-13)19-8-15-9-20-10-18-15/h5-6,9-10,14H,4,7-8,17H2,1-3H3. The van der Waals surface area contributed by atoms with E-state index in [1.165, 1.54) is 16.7 Å². The minimum absolute atomic E-state index is 0.232. The molecule has 2 rings (SSSR count). The van der Waals surface area contributed by atoms with E-state index in [1.54, 1.807) is 11.3 Å². The van der Waals surface area contributed by atoms with E-state index in [-0.39, 0.29) is 6.04 Å². The summed E-state index contributed by atoms with van der Waals surface area (Å²) < 4.78 is 5.91. The molecule has 2 N–H and O–H groups in total. The highest BCUT2D eigenvalue weighted by Crippen LogP contribution is 2.26. The predicted octanol–water partition coefficient (Wildman–Crippen LogP) is 3.62. The zero-order valence-corrected chi connectivity index (χ0v) is 13.2. The van der Waals surface area contributed by atoms with Gasteiger partial charge in [0.1, 0.15) is 12.4 Å². The first-order chi connectivity index (χ1) is 9.60. The molecule has 4 heteroatoms. The third-order valence-corrected chi connectivity index (χ3v) is 4.03. The van der Waals surface area contributed by atoms with Crippen molar-refractivity contribution in [3.05, 3.63) is 45.4 Å². The maximum Gasteiger partial charge on any atom is 0.131 e. The molecule has 0 aliphatic rings. The van der Waals surface area contributed by atoms with Gasteiger partial charge in [-0.3, -0.25) is 0 Å². The largest absolute Gasteiger partial charge is 0.487 e. The minimum atomic E-state index is 0.232. The van der Waals surface area contributed by atoms with Gasteiger partial charge >= 0.3 is 0 Å². The zero-order chi connectivity index (χ0) is 14.5. The normalized spacial score (nSPS) is 12.4. The van der Waals surface area contributed by atoms with Crippen molar-refractivity contribution in [1.29, 1.82) is 0 Å². The Morgan fingerprint density at radius 2 is 2.00 bits per heavy atom. The Morgan fingerprint density at radius 1 is 1.30 bits per heavy atom. The molecular weight excluding hydrogens is 268 g/mol. The second-order valence-electron chi connectivity index (χ2n) is 5.20. The number of hydrogen-bond donors (Lipinski definition) is 1. The van der Waals surface area contributed by atoms with Crippen LogP contribution in [0, 0.1) is 13.8 Å². The highest BCUT2D eigenvalue weighted by molar-refractivity contribution is 7.07. The summed E-state index contributed by atoms with van der Waals surface area (Å²) in [6.45, 7) is 6.82. The minimum Gasteiger partial charge on any atom is -0.487 e. The molecule has 20 heavy (non-hydrogen) atoms. The zero-order valence-electron chi connectivity index (χ0n) is 12.3. The summed E-state index contributed by atoms with van der Waals surface area (Å²) in [7, 11) is 0. The highest BCUT2D eigenvalue weighted by Gasteiger charge is 2.09. The molecule has 3 nitrogen and oxygen atoms in total. The first-order valence-corrected chi connectivity index (χ1v) is 7.90. The van der Waals surface area contributed by atoms with Gasteiger partial charge in [0, 0.05) is 11.4 Å². The summed E-state index contributed by atoms with van der Waals surface area (Å²) in [6.07, 6.45) is 1.92. The first-order valence-electron chi connectivity index (χ1n) is 6.95. The molecule has 0 aliphatic carbocycles. The van der Waals surface area contributed by atoms with Crippen molar-refractivity contribution >= 4 is 11.3 Å². The number of aryl methyl sites for hydroxylation is 2. The number of hydrogen-bond acceptors (Lipinski definition) is 4. The van der Waals surface area contributed by atoms with Gasteiger partial charge in [-0.25, -0.2) is 4.98 Å². The van der Waals surface area contributed by atoms with Crippen LogP contribution in [0.2, 0.25) is 0 Å². The molecule has 0 amide bonds. The van der Waals surface area contributed by atoms with Crippen LogP contribution in [-0.4, -0.2) is 11.0 Å². The van der Waals surface area contributed by atoms with Crippen LogP contribution >= 0.6 is 11.3 Å². The molecule has 2 aromatic rings.